The minimum absolute atomic E-state index is 0.0895. The number of nitrogens with zero attached hydrogens (tertiary/aromatic N) is 2. The standard InChI is InChI=1S/C19H27N3O4S/c1-11-12(9-20-10-13(23)26-18(2,3)4)27-16-14(11)15(24)22(17(25)21(16)6)19(5)7-8-19/h20H,7-10H2,1-6H3. The summed E-state index contributed by atoms with van der Waals surface area (Å²) in [5.41, 5.74) is -0.481. The number of hydrogen-bond acceptors (Lipinski definition) is 6. The molecule has 0 bridgehead atoms. The van der Waals surface area contributed by atoms with Crippen LogP contribution in [0.15, 0.2) is 9.59 Å². The van der Waals surface area contributed by atoms with Gasteiger partial charge in [-0.1, -0.05) is 0 Å². The highest BCUT2D eigenvalue weighted by Crippen LogP contribution is 2.41. The summed E-state index contributed by atoms with van der Waals surface area (Å²) in [5.74, 6) is -0.322. The molecule has 1 fully saturated rings. The van der Waals surface area contributed by atoms with E-state index in [9.17, 15) is 14.4 Å². The van der Waals surface area contributed by atoms with Crippen molar-refractivity contribution in [3.63, 3.8) is 0 Å². The molecule has 2 aromatic heterocycles. The Balaban J connectivity index is 1.89. The van der Waals surface area contributed by atoms with Crippen LogP contribution in [0.3, 0.4) is 0 Å². The molecule has 0 saturated heterocycles. The van der Waals surface area contributed by atoms with Gasteiger partial charge in [-0.05, 0) is 53.0 Å². The lowest BCUT2D eigenvalue weighted by atomic mass is 10.2. The Bertz CT molecular complexity index is 1020. The van der Waals surface area contributed by atoms with E-state index in [2.05, 4.69) is 5.32 Å². The van der Waals surface area contributed by atoms with Crippen LogP contribution < -0.4 is 16.6 Å². The van der Waals surface area contributed by atoms with E-state index in [0.29, 0.717) is 16.8 Å². The lowest BCUT2D eigenvalue weighted by molar-refractivity contribution is -0.153. The van der Waals surface area contributed by atoms with Gasteiger partial charge in [-0.15, -0.1) is 11.3 Å². The van der Waals surface area contributed by atoms with Crippen molar-refractivity contribution in [2.45, 2.75) is 65.1 Å². The fraction of sp³-hybridized carbons (Fsp3) is 0.632. The zero-order chi connectivity index (χ0) is 20.1. The normalized spacial score (nSPS) is 15.9. The van der Waals surface area contributed by atoms with Gasteiger partial charge in [-0.3, -0.25) is 18.7 Å². The van der Waals surface area contributed by atoms with Gasteiger partial charge >= 0.3 is 11.7 Å². The first kappa shape index (κ1) is 19.8. The molecule has 0 aliphatic heterocycles. The molecule has 0 spiro atoms. The minimum Gasteiger partial charge on any atom is -0.459 e. The van der Waals surface area contributed by atoms with Gasteiger partial charge in [0.15, 0.2) is 0 Å². The molecular formula is C19H27N3O4S. The molecule has 1 saturated carbocycles. The predicted molar refractivity (Wildman–Crippen MR) is 106 cm³/mol. The monoisotopic (exact) mass is 393 g/mol. The van der Waals surface area contributed by atoms with Gasteiger partial charge in [-0.25, -0.2) is 4.79 Å². The predicted octanol–water partition coefficient (Wildman–Crippen LogP) is 2.01. The molecule has 0 unspecified atom stereocenters. The van der Waals surface area contributed by atoms with E-state index in [1.54, 1.807) is 11.6 Å². The molecular weight excluding hydrogens is 366 g/mol. The first-order chi connectivity index (χ1) is 12.4. The highest BCUT2D eigenvalue weighted by molar-refractivity contribution is 7.18. The molecule has 0 atom stereocenters. The minimum atomic E-state index is -0.519. The van der Waals surface area contributed by atoms with E-state index in [-0.39, 0.29) is 29.3 Å². The van der Waals surface area contributed by atoms with Gasteiger partial charge in [0, 0.05) is 18.5 Å². The van der Waals surface area contributed by atoms with Gasteiger partial charge in [-0.2, -0.15) is 0 Å². The average Bonchev–Trinajstić information content (AvgIpc) is 3.17. The van der Waals surface area contributed by atoms with Crippen LogP contribution in [0.5, 0.6) is 0 Å². The van der Waals surface area contributed by atoms with Crippen LogP contribution in [0.25, 0.3) is 10.2 Å². The first-order valence-electron chi connectivity index (χ1n) is 9.12. The van der Waals surface area contributed by atoms with E-state index in [0.717, 1.165) is 23.3 Å². The van der Waals surface area contributed by atoms with Crippen LogP contribution in [-0.4, -0.2) is 27.2 Å². The molecule has 0 radical (unpaired) electrons. The Morgan fingerprint density at radius 3 is 2.48 bits per heavy atom. The number of carbonyl (C=O) groups is 1. The summed E-state index contributed by atoms with van der Waals surface area (Å²) in [6.45, 7) is 9.86. The van der Waals surface area contributed by atoms with E-state index in [1.165, 1.54) is 15.9 Å². The van der Waals surface area contributed by atoms with Crippen LogP contribution >= 0.6 is 11.3 Å². The fourth-order valence-corrected chi connectivity index (χ4v) is 4.39. The highest BCUT2D eigenvalue weighted by Gasteiger charge is 2.42. The number of rotatable bonds is 5. The van der Waals surface area contributed by atoms with Crippen molar-refractivity contribution in [2.75, 3.05) is 6.54 Å². The Hall–Kier alpha value is -1.93. The molecule has 0 aromatic carbocycles. The van der Waals surface area contributed by atoms with E-state index >= 15 is 0 Å². The van der Waals surface area contributed by atoms with Crippen LogP contribution in [0.1, 0.15) is 51.0 Å². The molecule has 2 aromatic rings. The Morgan fingerprint density at radius 1 is 1.30 bits per heavy atom. The molecule has 27 heavy (non-hydrogen) atoms. The van der Waals surface area contributed by atoms with Crippen LogP contribution in [0, 0.1) is 6.92 Å². The van der Waals surface area contributed by atoms with Crippen LogP contribution in [0.2, 0.25) is 0 Å². The number of nitrogens with one attached hydrogen (secondary N) is 1. The number of aryl methyl sites for hydroxylation is 2. The third kappa shape index (κ3) is 3.73. The third-order valence-electron chi connectivity index (χ3n) is 4.92. The zero-order valence-corrected chi connectivity index (χ0v) is 17.6. The average molecular weight is 394 g/mol. The van der Waals surface area contributed by atoms with Gasteiger partial charge in [0.25, 0.3) is 5.56 Å². The fourth-order valence-electron chi connectivity index (χ4n) is 3.17. The van der Waals surface area contributed by atoms with Crippen molar-refractivity contribution in [3.05, 3.63) is 31.3 Å². The molecule has 1 aliphatic rings. The molecule has 2 heterocycles. The van der Waals surface area contributed by atoms with Crippen LogP contribution in [0.4, 0.5) is 0 Å². The Kier molecular flexibility index (Phi) is 4.84. The Morgan fingerprint density at radius 2 is 1.93 bits per heavy atom. The number of hydrogen-bond donors (Lipinski definition) is 1. The van der Waals surface area contributed by atoms with Gasteiger partial charge < -0.3 is 10.1 Å². The zero-order valence-electron chi connectivity index (χ0n) is 16.8. The summed E-state index contributed by atoms with van der Waals surface area (Å²) in [7, 11) is 1.71. The molecule has 3 rings (SSSR count). The second kappa shape index (κ2) is 6.60. The maximum atomic E-state index is 13.0. The van der Waals surface area contributed by atoms with Crippen molar-refractivity contribution < 1.29 is 9.53 Å². The first-order valence-corrected chi connectivity index (χ1v) is 9.93. The number of ether oxygens (including phenoxy) is 1. The van der Waals surface area contributed by atoms with Gasteiger partial charge in [0.1, 0.15) is 10.4 Å². The van der Waals surface area contributed by atoms with Crippen molar-refractivity contribution in [3.8, 4) is 0 Å². The van der Waals surface area contributed by atoms with E-state index < -0.39 is 5.60 Å². The molecule has 1 N–H and O–H groups in total. The maximum absolute atomic E-state index is 13.0. The quantitative estimate of drug-likeness (QED) is 0.786. The number of fused-ring (bicyclic) bond motifs is 1. The molecule has 0 amide bonds. The summed E-state index contributed by atoms with van der Waals surface area (Å²) in [6.07, 6.45) is 1.70. The van der Waals surface area contributed by atoms with Crippen molar-refractivity contribution >= 4 is 27.5 Å². The van der Waals surface area contributed by atoms with Crippen molar-refractivity contribution in [2.24, 2.45) is 7.05 Å². The molecule has 8 heteroatoms. The Labute approximate surface area is 161 Å². The maximum Gasteiger partial charge on any atom is 0.332 e. The smallest absolute Gasteiger partial charge is 0.332 e. The second-order valence-electron chi connectivity index (χ2n) is 8.50. The summed E-state index contributed by atoms with van der Waals surface area (Å²) in [4.78, 5) is 39.2. The second-order valence-corrected chi connectivity index (χ2v) is 9.58. The largest absolute Gasteiger partial charge is 0.459 e. The molecule has 148 valence electrons. The summed E-state index contributed by atoms with van der Waals surface area (Å²) in [6, 6.07) is 0. The molecule has 1 aliphatic carbocycles. The number of thiophene rings is 1. The number of carbonyl (C=O) groups excluding carboxylic acids is 1. The molecule has 7 nitrogen and oxygen atoms in total. The van der Waals surface area contributed by atoms with Gasteiger partial charge in [0.2, 0.25) is 0 Å². The van der Waals surface area contributed by atoms with Gasteiger partial charge in [0.05, 0.1) is 17.5 Å². The van der Waals surface area contributed by atoms with Crippen molar-refractivity contribution in [1.82, 2.24) is 14.5 Å². The third-order valence-corrected chi connectivity index (χ3v) is 6.28. The van der Waals surface area contributed by atoms with Crippen LogP contribution in [-0.2, 0) is 28.7 Å². The number of aromatic nitrogens is 2. The lowest BCUT2D eigenvalue weighted by Crippen LogP contribution is -2.43. The van der Waals surface area contributed by atoms with Crippen molar-refractivity contribution in [1.29, 1.82) is 0 Å². The topological polar surface area (TPSA) is 82.3 Å². The summed E-state index contributed by atoms with van der Waals surface area (Å²) < 4.78 is 8.26. The number of esters is 1. The summed E-state index contributed by atoms with van der Waals surface area (Å²) >= 11 is 1.42. The van der Waals surface area contributed by atoms with E-state index in [1.807, 2.05) is 34.6 Å². The SMILES string of the molecule is Cc1c(CNCC(=O)OC(C)(C)C)sc2c1c(=O)n(C1(C)CC1)c(=O)n2C. The summed E-state index contributed by atoms with van der Waals surface area (Å²) in [5, 5.41) is 3.68. The van der Waals surface area contributed by atoms with E-state index in [4.69, 9.17) is 4.74 Å². The lowest BCUT2D eigenvalue weighted by Gasteiger charge is -2.19. The highest BCUT2D eigenvalue weighted by atomic mass is 32.1.